The minimum Gasteiger partial charge on any atom is -0.458 e. The van der Waals surface area contributed by atoms with Gasteiger partial charge >= 0.3 is 17.9 Å². The van der Waals surface area contributed by atoms with Gasteiger partial charge in [0.25, 0.3) is 0 Å². The Balaban J connectivity index is 2.49. The first kappa shape index (κ1) is 22.9. The lowest BCUT2D eigenvalue weighted by Crippen LogP contribution is -2.35. The van der Waals surface area contributed by atoms with E-state index in [4.69, 9.17) is 14.2 Å². The molecule has 29 heavy (non-hydrogen) atoms. The fourth-order valence-electron chi connectivity index (χ4n) is 3.41. The SMILES string of the molecule is C=C1C(=O)O[C@H]2/C=C(/C)[C@@H](OC(C)=O)C[C@H](O)/C(C)=C\[C@@H](OC(=O)[C@H](C)CC)[C@@H]12. The second kappa shape index (κ2) is 9.39. The average molecular weight is 406 g/mol. The molecule has 0 aromatic carbocycles. The summed E-state index contributed by atoms with van der Waals surface area (Å²) in [6.45, 7) is 12.2. The van der Waals surface area contributed by atoms with E-state index in [0.29, 0.717) is 17.6 Å². The number of aliphatic hydroxyl groups excluding tert-OH is 1. The van der Waals surface area contributed by atoms with Crippen molar-refractivity contribution in [1.29, 1.82) is 0 Å². The van der Waals surface area contributed by atoms with Gasteiger partial charge in [-0.05, 0) is 43.6 Å². The number of carbonyl (C=O) groups is 3. The predicted octanol–water partition coefficient (Wildman–Crippen LogP) is 2.63. The lowest BCUT2D eigenvalue weighted by Gasteiger charge is -2.29. The summed E-state index contributed by atoms with van der Waals surface area (Å²) in [7, 11) is 0. The van der Waals surface area contributed by atoms with Crippen molar-refractivity contribution < 1.29 is 33.7 Å². The van der Waals surface area contributed by atoms with E-state index in [2.05, 4.69) is 6.58 Å². The van der Waals surface area contributed by atoms with Crippen LogP contribution in [0.25, 0.3) is 0 Å². The van der Waals surface area contributed by atoms with Gasteiger partial charge in [0.05, 0.1) is 17.9 Å². The van der Waals surface area contributed by atoms with Gasteiger partial charge in [-0.15, -0.1) is 0 Å². The number of hydrogen-bond donors (Lipinski definition) is 1. The standard InChI is InChI=1S/C22H30O7/c1-7-11(2)21(25)28-18-8-12(3)16(24)10-17(27-15(6)23)13(4)9-19-20(18)14(5)22(26)29-19/h8-9,11,16-20,24H,5,7,10H2,1-4,6H3/b12-8-,13-9-/t11-,16+,17+,18-,19+,20-/m1/s1. The molecular weight excluding hydrogens is 376 g/mol. The Hall–Kier alpha value is -2.41. The minimum absolute atomic E-state index is 0.141. The molecule has 1 aliphatic carbocycles. The maximum absolute atomic E-state index is 12.5. The number of carbonyl (C=O) groups excluding carboxylic acids is 3. The number of fused-ring (bicyclic) bond motifs is 1. The number of esters is 3. The minimum atomic E-state index is -0.921. The number of hydrogen-bond acceptors (Lipinski definition) is 7. The van der Waals surface area contributed by atoms with Crippen molar-refractivity contribution in [3.05, 3.63) is 35.5 Å². The van der Waals surface area contributed by atoms with E-state index in [1.165, 1.54) is 6.92 Å². The molecule has 0 radical (unpaired) electrons. The fraction of sp³-hybridized carbons (Fsp3) is 0.591. The Kier molecular flexibility index (Phi) is 7.41. The third-order valence-corrected chi connectivity index (χ3v) is 5.52. The normalized spacial score (nSPS) is 34.6. The van der Waals surface area contributed by atoms with Crippen molar-refractivity contribution in [2.24, 2.45) is 11.8 Å². The van der Waals surface area contributed by atoms with E-state index in [9.17, 15) is 19.5 Å². The molecule has 0 bridgehead atoms. The topological polar surface area (TPSA) is 99.1 Å². The molecule has 6 atom stereocenters. The van der Waals surface area contributed by atoms with E-state index in [1.807, 2.05) is 6.92 Å². The van der Waals surface area contributed by atoms with Gasteiger partial charge in [-0.2, -0.15) is 0 Å². The summed E-state index contributed by atoms with van der Waals surface area (Å²) >= 11 is 0. The molecule has 0 aromatic rings. The van der Waals surface area contributed by atoms with Gasteiger partial charge in [0.15, 0.2) is 0 Å². The number of aliphatic hydroxyl groups is 1. The molecule has 7 heteroatoms. The molecule has 2 rings (SSSR count). The molecule has 1 fully saturated rings. The van der Waals surface area contributed by atoms with E-state index in [1.54, 1.807) is 32.9 Å². The van der Waals surface area contributed by atoms with Crippen LogP contribution in [0.5, 0.6) is 0 Å². The third-order valence-electron chi connectivity index (χ3n) is 5.52. The molecule has 1 heterocycles. The maximum Gasteiger partial charge on any atom is 0.334 e. The van der Waals surface area contributed by atoms with Crippen molar-refractivity contribution >= 4 is 17.9 Å². The second-order valence-electron chi connectivity index (χ2n) is 7.80. The van der Waals surface area contributed by atoms with Gasteiger partial charge in [0, 0.05) is 18.9 Å². The zero-order chi connectivity index (χ0) is 21.9. The highest BCUT2D eigenvalue weighted by Crippen LogP contribution is 2.36. The van der Waals surface area contributed by atoms with E-state index in [0.717, 1.165) is 0 Å². The zero-order valence-corrected chi connectivity index (χ0v) is 17.6. The van der Waals surface area contributed by atoms with Crippen molar-refractivity contribution in [2.75, 3.05) is 0 Å². The second-order valence-corrected chi connectivity index (χ2v) is 7.80. The molecule has 1 N–H and O–H groups in total. The molecule has 0 unspecified atom stereocenters. The Morgan fingerprint density at radius 1 is 1.28 bits per heavy atom. The van der Waals surface area contributed by atoms with E-state index >= 15 is 0 Å². The van der Waals surface area contributed by atoms with Crippen LogP contribution in [-0.4, -0.2) is 47.4 Å². The lowest BCUT2D eigenvalue weighted by atomic mass is 9.85. The first-order chi connectivity index (χ1) is 13.5. The number of rotatable bonds is 4. The van der Waals surface area contributed by atoms with Crippen LogP contribution < -0.4 is 0 Å². The Bertz CT molecular complexity index is 748. The summed E-state index contributed by atoms with van der Waals surface area (Å²) in [5.41, 5.74) is 1.38. The van der Waals surface area contributed by atoms with Gasteiger partial charge in [-0.3, -0.25) is 9.59 Å². The molecule has 2 aliphatic rings. The molecule has 7 nitrogen and oxygen atoms in total. The Morgan fingerprint density at radius 3 is 2.52 bits per heavy atom. The van der Waals surface area contributed by atoms with E-state index in [-0.39, 0.29) is 17.9 Å². The maximum atomic E-state index is 12.5. The summed E-state index contributed by atoms with van der Waals surface area (Å²) in [6, 6.07) is 0. The first-order valence-corrected chi connectivity index (χ1v) is 9.87. The highest BCUT2D eigenvalue weighted by atomic mass is 16.6. The molecule has 0 spiro atoms. The highest BCUT2D eigenvalue weighted by molar-refractivity contribution is 5.91. The van der Waals surface area contributed by atoms with Gasteiger partial charge in [0.1, 0.15) is 18.3 Å². The molecular formula is C22H30O7. The van der Waals surface area contributed by atoms with Crippen LogP contribution in [-0.2, 0) is 28.6 Å². The largest absolute Gasteiger partial charge is 0.458 e. The van der Waals surface area contributed by atoms with Gasteiger partial charge < -0.3 is 19.3 Å². The third kappa shape index (κ3) is 5.35. The van der Waals surface area contributed by atoms with Gasteiger partial charge in [-0.25, -0.2) is 4.79 Å². The quantitative estimate of drug-likeness (QED) is 0.332. The van der Waals surface area contributed by atoms with Crippen LogP contribution in [0.3, 0.4) is 0 Å². The van der Waals surface area contributed by atoms with E-state index < -0.39 is 48.2 Å². The Labute approximate surface area is 171 Å². The van der Waals surface area contributed by atoms with Crippen molar-refractivity contribution in [3.63, 3.8) is 0 Å². The summed E-state index contributed by atoms with van der Waals surface area (Å²) < 4.78 is 16.5. The van der Waals surface area contributed by atoms with Gasteiger partial charge in [-0.1, -0.05) is 20.4 Å². The van der Waals surface area contributed by atoms with Crippen molar-refractivity contribution in [3.8, 4) is 0 Å². The van der Waals surface area contributed by atoms with Crippen LogP contribution >= 0.6 is 0 Å². The van der Waals surface area contributed by atoms with Crippen molar-refractivity contribution in [2.45, 2.75) is 71.9 Å². The molecule has 0 aromatic heterocycles. The highest BCUT2D eigenvalue weighted by Gasteiger charge is 2.44. The predicted molar refractivity (Wildman–Crippen MR) is 106 cm³/mol. The van der Waals surface area contributed by atoms with Crippen LogP contribution in [0.15, 0.2) is 35.5 Å². The van der Waals surface area contributed by atoms with Gasteiger partial charge in [0.2, 0.25) is 0 Å². The van der Waals surface area contributed by atoms with Crippen LogP contribution in [0.2, 0.25) is 0 Å². The fourth-order valence-corrected chi connectivity index (χ4v) is 3.41. The summed E-state index contributed by atoms with van der Waals surface area (Å²) in [6.07, 6.45) is 0.946. The van der Waals surface area contributed by atoms with Crippen LogP contribution in [0.1, 0.15) is 47.5 Å². The zero-order valence-electron chi connectivity index (χ0n) is 17.6. The van der Waals surface area contributed by atoms with Crippen LogP contribution in [0.4, 0.5) is 0 Å². The molecule has 0 amide bonds. The number of ether oxygens (including phenoxy) is 3. The smallest absolute Gasteiger partial charge is 0.334 e. The molecule has 1 saturated heterocycles. The Morgan fingerprint density at radius 2 is 1.93 bits per heavy atom. The molecule has 0 saturated carbocycles. The van der Waals surface area contributed by atoms with Crippen molar-refractivity contribution in [1.82, 2.24) is 0 Å². The summed E-state index contributed by atoms with van der Waals surface area (Å²) in [5.74, 6) is -2.37. The van der Waals surface area contributed by atoms with Crippen LogP contribution in [0, 0.1) is 11.8 Å². The lowest BCUT2D eigenvalue weighted by molar-refractivity contribution is -0.154. The monoisotopic (exact) mass is 406 g/mol. The summed E-state index contributed by atoms with van der Waals surface area (Å²) in [4.78, 5) is 36.2. The first-order valence-electron chi connectivity index (χ1n) is 9.87. The molecule has 1 aliphatic heterocycles. The average Bonchev–Trinajstić information content (AvgIpc) is 2.92. The molecule has 160 valence electrons. The summed E-state index contributed by atoms with van der Waals surface area (Å²) in [5, 5.41) is 10.6.